The van der Waals surface area contributed by atoms with E-state index < -0.39 is 13.9 Å². The van der Waals surface area contributed by atoms with Gasteiger partial charge in [0, 0.05) is 6.54 Å². The molecule has 0 aliphatic carbocycles. The van der Waals surface area contributed by atoms with Crippen molar-refractivity contribution in [1.29, 1.82) is 0 Å². The molecule has 0 radical (unpaired) electrons. The van der Waals surface area contributed by atoms with Crippen LogP contribution in [0, 0.1) is 0 Å². The molecule has 2 atom stereocenters. The van der Waals surface area contributed by atoms with Crippen molar-refractivity contribution in [2.24, 2.45) is 0 Å². The van der Waals surface area contributed by atoms with Gasteiger partial charge in [0.1, 0.15) is 6.61 Å². The smallest absolute Gasteiger partial charge is 0.460 e. The number of carbonyl (C=O) groups is 1. The SMILES string of the molecule is CO[P+](=O)CNCC(C(=O)OCc1ccccc1)c1ccccc1. The maximum Gasteiger partial charge on any atom is 0.523 e. The van der Waals surface area contributed by atoms with Gasteiger partial charge in [0.05, 0.1) is 13.0 Å². The summed E-state index contributed by atoms with van der Waals surface area (Å²) in [5.41, 5.74) is 1.80. The molecular weight excluding hydrogens is 325 g/mol. The summed E-state index contributed by atoms with van der Waals surface area (Å²) in [6, 6.07) is 19.0. The van der Waals surface area contributed by atoms with Crippen LogP contribution in [0.1, 0.15) is 17.0 Å². The molecule has 2 aromatic carbocycles. The topological polar surface area (TPSA) is 64.6 Å². The summed E-state index contributed by atoms with van der Waals surface area (Å²) in [5.74, 6) is -0.777. The van der Waals surface area contributed by atoms with Crippen LogP contribution < -0.4 is 5.32 Å². The van der Waals surface area contributed by atoms with Crippen LogP contribution in [0.2, 0.25) is 0 Å². The van der Waals surface area contributed by atoms with Gasteiger partial charge in [0.15, 0.2) is 0 Å². The van der Waals surface area contributed by atoms with E-state index in [1.54, 1.807) is 0 Å². The first-order valence-corrected chi connectivity index (χ1v) is 9.02. The van der Waals surface area contributed by atoms with Gasteiger partial charge < -0.3 is 4.74 Å². The Hall–Kier alpha value is -2.07. The zero-order chi connectivity index (χ0) is 17.2. The number of benzene rings is 2. The maximum absolute atomic E-state index is 12.5. The fraction of sp³-hybridized carbons (Fsp3) is 0.278. The minimum absolute atomic E-state index is 0.196. The van der Waals surface area contributed by atoms with Gasteiger partial charge in [-0.05, 0) is 15.7 Å². The summed E-state index contributed by atoms with van der Waals surface area (Å²) in [6.45, 7) is 0.567. The maximum atomic E-state index is 12.5. The molecule has 2 aromatic rings. The van der Waals surface area contributed by atoms with Gasteiger partial charge in [0.2, 0.25) is 6.29 Å². The summed E-state index contributed by atoms with van der Waals surface area (Å²) in [6.07, 6.45) is 0.196. The van der Waals surface area contributed by atoms with E-state index in [1.807, 2.05) is 60.7 Å². The second-order valence-electron chi connectivity index (χ2n) is 5.18. The normalized spacial score (nSPS) is 12.5. The van der Waals surface area contributed by atoms with Crippen LogP contribution in [0.3, 0.4) is 0 Å². The minimum atomic E-state index is -1.75. The van der Waals surface area contributed by atoms with Crippen molar-refractivity contribution >= 4 is 14.0 Å². The molecule has 0 heterocycles. The standard InChI is InChI=1S/C18H21NO4P/c1-22-24(21)14-19-12-17(16-10-6-3-7-11-16)18(20)23-13-15-8-4-2-5-9-15/h2-11,17,19H,12-14H2,1H3/q+1. The third kappa shape index (κ3) is 5.85. The number of rotatable bonds is 9. The number of hydrogen-bond donors (Lipinski definition) is 1. The molecule has 0 saturated heterocycles. The van der Waals surface area contributed by atoms with E-state index in [0.717, 1.165) is 11.1 Å². The lowest BCUT2D eigenvalue weighted by molar-refractivity contribution is -0.146. The van der Waals surface area contributed by atoms with E-state index >= 15 is 0 Å². The largest absolute Gasteiger partial charge is 0.523 e. The van der Waals surface area contributed by atoms with E-state index in [-0.39, 0.29) is 18.9 Å². The first-order valence-electron chi connectivity index (χ1n) is 7.65. The van der Waals surface area contributed by atoms with Crippen molar-refractivity contribution in [3.05, 3.63) is 71.8 Å². The molecule has 6 heteroatoms. The van der Waals surface area contributed by atoms with Gasteiger partial charge in [-0.3, -0.25) is 10.1 Å². The van der Waals surface area contributed by atoms with Crippen molar-refractivity contribution in [3.8, 4) is 0 Å². The molecule has 0 bridgehead atoms. The highest BCUT2D eigenvalue weighted by Gasteiger charge is 2.24. The van der Waals surface area contributed by atoms with Crippen LogP contribution in [-0.4, -0.2) is 25.9 Å². The molecule has 0 aliphatic rings. The fourth-order valence-electron chi connectivity index (χ4n) is 2.22. The number of nitrogens with one attached hydrogen (secondary N) is 1. The Kier molecular flexibility index (Phi) is 7.56. The van der Waals surface area contributed by atoms with Gasteiger partial charge in [-0.2, -0.15) is 0 Å². The lowest BCUT2D eigenvalue weighted by Crippen LogP contribution is -2.28. The Morgan fingerprint density at radius 2 is 1.71 bits per heavy atom. The first-order chi connectivity index (χ1) is 11.7. The average molecular weight is 346 g/mol. The molecule has 5 nitrogen and oxygen atoms in total. The molecule has 0 spiro atoms. The molecule has 0 aliphatic heterocycles. The Balaban J connectivity index is 1.98. The number of carbonyl (C=O) groups excluding carboxylic acids is 1. The minimum Gasteiger partial charge on any atom is -0.460 e. The third-order valence-electron chi connectivity index (χ3n) is 3.50. The van der Waals surface area contributed by atoms with Gasteiger partial charge >= 0.3 is 14.0 Å². The van der Waals surface area contributed by atoms with E-state index in [9.17, 15) is 9.36 Å². The summed E-state index contributed by atoms with van der Waals surface area (Å²) in [4.78, 5) is 12.5. The summed E-state index contributed by atoms with van der Waals surface area (Å²) in [7, 11) is -0.362. The van der Waals surface area contributed by atoms with Gasteiger partial charge in [-0.15, -0.1) is 4.52 Å². The Morgan fingerprint density at radius 3 is 2.33 bits per heavy atom. The molecule has 0 amide bonds. The zero-order valence-electron chi connectivity index (χ0n) is 13.6. The van der Waals surface area contributed by atoms with E-state index in [4.69, 9.17) is 9.26 Å². The number of esters is 1. The molecule has 2 rings (SSSR count). The number of ether oxygens (including phenoxy) is 1. The molecule has 0 aromatic heterocycles. The van der Waals surface area contributed by atoms with Gasteiger partial charge in [-0.1, -0.05) is 60.7 Å². The second-order valence-corrected chi connectivity index (χ2v) is 6.53. The molecule has 2 unspecified atom stereocenters. The highest BCUT2D eigenvalue weighted by Crippen LogP contribution is 2.20. The van der Waals surface area contributed by atoms with Crippen molar-refractivity contribution in [3.63, 3.8) is 0 Å². The summed E-state index contributed by atoms with van der Waals surface area (Å²) >= 11 is 0. The molecule has 126 valence electrons. The molecule has 24 heavy (non-hydrogen) atoms. The third-order valence-corrected chi connectivity index (χ3v) is 4.39. The van der Waals surface area contributed by atoms with Gasteiger partial charge in [-0.25, -0.2) is 0 Å². The first kappa shape index (κ1) is 18.3. The summed E-state index contributed by atoms with van der Waals surface area (Å²) < 4.78 is 21.5. The van der Waals surface area contributed by atoms with Crippen LogP contribution in [0.15, 0.2) is 60.7 Å². The molecule has 0 fully saturated rings. The van der Waals surface area contributed by atoms with Crippen LogP contribution >= 0.6 is 8.03 Å². The zero-order valence-corrected chi connectivity index (χ0v) is 14.4. The predicted octanol–water partition coefficient (Wildman–Crippen LogP) is 3.45. The predicted molar refractivity (Wildman–Crippen MR) is 92.9 cm³/mol. The van der Waals surface area contributed by atoms with Crippen LogP contribution in [-0.2, 0) is 25.2 Å². The Morgan fingerprint density at radius 1 is 1.08 bits per heavy atom. The van der Waals surface area contributed by atoms with Crippen LogP contribution in [0.25, 0.3) is 0 Å². The average Bonchev–Trinajstić information content (AvgIpc) is 2.64. The Bertz CT molecular complexity index is 649. The van der Waals surface area contributed by atoms with Crippen molar-refractivity contribution in [1.82, 2.24) is 5.32 Å². The summed E-state index contributed by atoms with van der Waals surface area (Å²) in [5, 5.41) is 3.00. The molecular formula is C18H21NO4P+. The van der Waals surface area contributed by atoms with Crippen molar-refractivity contribution in [2.75, 3.05) is 19.9 Å². The number of hydrogen-bond acceptors (Lipinski definition) is 5. The fourth-order valence-corrected chi connectivity index (χ4v) is 2.66. The lowest BCUT2D eigenvalue weighted by atomic mass is 9.99. The van der Waals surface area contributed by atoms with E-state index in [2.05, 4.69) is 5.32 Å². The second kappa shape index (κ2) is 9.93. The quantitative estimate of drug-likeness (QED) is 0.556. The van der Waals surface area contributed by atoms with Gasteiger partial charge in [0.25, 0.3) is 0 Å². The van der Waals surface area contributed by atoms with E-state index in [0.29, 0.717) is 6.54 Å². The highest BCUT2D eigenvalue weighted by molar-refractivity contribution is 7.39. The Labute approximate surface area is 142 Å². The van der Waals surface area contributed by atoms with Crippen molar-refractivity contribution in [2.45, 2.75) is 12.5 Å². The van der Waals surface area contributed by atoms with Crippen LogP contribution in [0.4, 0.5) is 0 Å². The monoisotopic (exact) mass is 346 g/mol. The van der Waals surface area contributed by atoms with E-state index in [1.165, 1.54) is 7.11 Å². The van der Waals surface area contributed by atoms with Crippen LogP contribution in [0.5, 0.6) is 0 Å². The lowest BCUT2D eigenvalue weighted by Gasteiger charge is -2.16. The molecule has 1 N–H and O–H groups in total. The molecule has 0 saturated carbocycles. The van der Waals surface area contributed by atoms with Crippen molar-refractivity contribution < 1.29 is 18.6 Å². The highest BCUT2D eigenvalue weighted by atomic mass is 31.1.